The summed E-state index contributed by atoms with van der Waals surface area (Å²) in [7, 11) is 0. The van der Waals surface area contributed by atoms with Crippen LogP contribution in [0.3, 0.4) is 0 Å². The number of hydrogen-bond donors (Lipinski definition) is 2. The van der Waals surface area contributed by atoms with Crippen LogP contribution in [0.2, 0.25) is 5.02 Å². The first kappa shape index (κ1) is 18.0. The molecule has 1 aromatic carbocycles. The van der Waals surface area contributed by atoms with Gasteiger partial charge in [-0.2, -0.15) is 5.10 Å². The van der Waals surface area contributed by atoms with Crippen molar-refractivity contribution in [1.82, 2.24) is 20.4 Å². The Labute approximate surface area is 153 Å². The molecule has 25 heavy (non-hydrogen) atoms. The largest absolute Gasteiger partial charge is 0.352 e. The lowest BCUT2D eigenvalue weighted by molar-refractivity contribution is -0.121. The molecule has 2 heterocycles. The van der Waals surface area contributed by atoms with Crippen molar-refractivity contribution in [1.29, 1.82) is 0 Å². The number of carbonyl (C=O) groups is 1. The molecular weight excluding hydrogens is 336 g/mol. The number of carbonyl (C=O) groups excluding carboxylic acids is 1. The van der Waals surface area contributed by atoms with Crippen molar-refractivity contribution in [2.24, 2.45) is 0 Å². The van der Waals surface area contributed by atoms with E-state index in [0.29, 0.717) is 11.4 Å². The molecule has 0 saturated carbocycles. The van der Waals surface area contributed by atoms with E-state index in [1.807, 2.05) is 43.7 Å². The fraction of sp³-hybridized carbons (Fsp3) is 0.474. The van der Waals surface area contributed by atoms with Crippen molar-refractivity contribution in [2.75, 3.05) is 13.1 Å². The van der Waals surface area contributed by atoms with E-state index in [9.17, 15) is 4.79 Å². The van der Waals surface area contributed by atoms with Gasteiger partial charge >= 0.3 is 0 Å². The van der Waals surface area contributed by atoms with Crippen LogP contribution in [0.15, 0.2) is 18.2 Å². The zero-order valence-corrected chi connectivity index (χ0v) is 15.8. The fourth-order valence-electron chi connectivity index (χ4n) is 3.31. The Balaban J connectivity index is 1.77. The van der Waals surface area contributed by atoms with Crippen LogP contribution >= 0.6 is 11.6 Å². The van der Waals surface area contributed by atoms with Gasteiger partial charge in [0, 0.05) is 28.9 Å². The molecule has 1 saturated heterocycles. The Kier molecular flexibility index (Phi) is 5.45. The van der Waals surface area contributed by atoms with Crippen LogP contribution in [0.4, 0.5) is 0 Å². The summed E-state index contributed by atoms with van der Waals surface area (Å²) in [6.07, 6.45) is 2.50. The molecule has 0 radical (unpaired) electrons. The van der Waals surface area contributed by atoms with Crippen molar-refractivity contribution in [3.8, 4) is 5.69 Å². The Morgan fingerprint density at radius 2 is 2.20 bits per heavy atom. The van der Waals surface area contributed by atoms with Gasteiger partial charge in [0.1, 0.15) is 0 Å². The Morgan fingerprint density at radius 3 is 2.88 bits per heavy atom. The highest BCUT2D eigenvalue weighted by molar-refractivity contribution is 6.31. The lowest BCUT2D eigenvalue weighted by Crippen LogP contribution is -2.46. The topological polar surface area (TPSA) is 59.0 Å². The summed E-state index contributed by atoms with van der Waals surface area (Å²) in [5.74, 6) is 0.0568. The van der Waals surface area contributed by atoms with E-state index < -0.39 is 0 Å². The van der Waals surface area contributed by atoms with Crippen molar-refractivity contribution in [3.63, 3.8) is 0 Å². The summed E-state index contributed by atoms with van der Waals surface area (Å²) in [5, 5.41) is 11.8. The molecule has 0 unspecified atom stereocenters. The highest BCUT2D eigenvalue weighted by Gasteiger charge is 2.19. The SMILES string of the molecule is Cc1ccc(-n2nc(C)c(CC(=O)N[C@H]3CCCNC3)c2C)cc1Cl. The normalized spacial score (nSPS) is 17.5. The van der Waals surface area contributed by atoms with E-state index in [0.717, 1.165) is 54.1 Å². The number of nitrogens with one attached hydrogen (secondary N) is 2. The quantitative estimate of drug-likeness (QED) is 0.881. The summed E-state index contributed by atoms with van der Waals surface area (Å²) in [6, 6.07) is 6.12. The molecule has 0 aliphatic carbocycles. The molecule has 2 N–H and O–H groups in total. The molecule has 0 bridgehead atoms. The number of aromatic nitrogens is 2. The van der Waals surface area contributed by atoms with E-state index in [-0.39, 0.29) is 11.9 Å². The van der Waals surface area contributed by atoms with Crippen LogP contribution in [0.5, 0.6) is 0 Å². The summed E-state index contributed by atoms with van der Waals surface area (Å²) >= 11 is 6.24. The van der Waals surface area contributed by atoms with Crippen molar-refractivity contribution < 1.29 is 4.79 Å². The smallest absolute Gasteiger partial charge is 0.224 e. The van der Waals surface area contributed by atoms with Gasteiger partial charge in [0.15, 0.2) is 0 Å². The highest BCUT2D eigenvalue weighted by atomic mass is 35.5. The van der Waals surface area contributed by atoms with E-state index >= 15 is 0 Å². The minimum absolute atomic E-state index is 0.0568. The molecule has 6 heteroatoms. The number of benzene rings is 1. The molecule has 1 aliphatic rings. The minimum atomic E-state index is 0.0568. The van der Waals surface area contributed by atoms with Crippen molar-refractivity contribution in [3.05, 3.63) is 45.7 Å². The third-order valence-electron chi connectivity index (χ3n) is 4.84. The number of halogens is 1. The van der Waals surface area contributed by atoms with Gasteiger partial charge in [-0.3, -0.25) is 4.79 Å². The Hall–Kier alpha value is -1.85. The third kappa shape index (κ3) is 4.05. The van der Waals surface area contributed by atoms with Crippen LogP contribution in [0.25, 0.3) is 5.69 Å². The first-order valence-corrected chi connectivity index (χ1v) is 9.15. The summed E-state index contributed by atoms with van der Waals surface area (Å²) < 4.78 is 1.87. The lowest BCUT2D eigenvalue weighted by atomic mass is 10.1. The molecule has 1 fully saturated rings. The predicted octanol–water partition coefficient (Wildman–Crippen LogP) is 2.86. The molecule has 5 nitrogen and oxygen atoms in total. The van der Waals surface area contributed by atoms with Gasteiger partial charge in [-0.25, -0.2) is 4.68 Å². The molecule has 0 spiro atoms. The van der Waals surface area contributed by atoms with Crippen LogP contribution in [-0.2, 0) is 11.2 Å². The second-order valence-electron chi connectivity index (χ2n) is 6.78. The maximum atomic E-state index is 12.4. The molecule has 1 aromatic heterocycles. The van der Waals surface area contributed by atoms with Gasteiger partial charge in [-0.05, 0) is 57.9 Å². The fourth-order valence-corrected chi connectivity index (χ4v) is 3.48. The van der Waals surface area contributed by atoms with E-state index in [2.05, 4.69) is 15.7 Å². The van der Waals surface area contributed by atoms with Gasteiger partial charge in [0.25, 0.3) is 0 Å². The Morgan fingerprint density at radius 1 is 1.40 bits per heavy atom. The van der Waals surface area contributed by atoms with Gasteiger partial charge < -0.3 is 10.6 Å². The minimum Gasteiger partial charge on any atom is -0.352 e. The average Bonchev–Trinajstić information content (AvgIpc) is 2.86. The molecule has 1 aliphatic heterocycles. The standard InChI is InChI=1S/C19H25ClN4O/c1-12-6-7-16(9-18(12)20)24-14(3)17(13(2)23-24)10-19(25)22-15-5-4-8-21-11-15/h6-7,9,15,21H,4-5,8,10-11H2,1-3H3,(H,22,25)/t15-/m0/s1. The Bertz CT molecular complexity index is 778. The number of aryl methyl sites for hydroxylation is 2. The second kappa shape index (κ2) is 7.58. The zero-order chi connectivity index (χ0) is 18.0. The highest BCUT2D eigenvalue weighted by Crippen LogP contribution is 2.23. The van der Waals surface area contributed by atoms with E-state index in [4.69, 9.17) is 11.6 Å². The number of rotatable bonds is 4. The summed E-state index contributed by atoms with van der Waals surface area (Å²) in [4.78, 5) is 12.4. The first-order chi connectivity index (χ1) is 12.0. The number of amides is 1. The zero-order valence-electron chi connectivity index (χ0n) is 15.0. The van der Waals surface area contributed by atoms with Gasteiger partial charge in [0.2, 0.25) is 5.91 Å². The molecule has 2 aromatic rings. The summed E-state index contributed by atoms with van der Waals surface area (Å²) in [5.41, 5.74) is 4.80. The predicted molar refractivity (Wildman–Crippen MR) is 101 cm³/mol. The molecule has 1 amide bonds. The third-order valence-corrected chi connectivity index (χ3v) is 5.25. The average molecular weight is 361 g/mol. The van der Waals surface area contributed by atoms with Crippen LogP contribution < -0.4 is 10.6 Å². The van der Waals surface area contributed by atoms with Crippen molar-refractivity contribution in [2.45, 2.75) is 46.1 Å². The van der Waals surface area contributed by atoms with Gasteiger partial charge in [-0.15, -0.1) is 0 Å². The van der Waals surface area contributed by atoms with Crippen LogP contribution in [0.1, 0.15) is 35.4 Å². The van der Waals surface area contributed by atoms with E-state index in [1.165, 1.54) is 0 Å². The first-order valence-electron chi connectivity index (χ1n) is 8.77. The maximum Gasteiger partial charge on any atom is 0.224 e. The van der Waals surface area contributed by atoms with Crippen molar-refractivity contribution >= 4 is 17.5 Å². The molecular formula is C19H25ClN4O. The van der Waals surface area contributed by atoms with Crippen LogP contribution in [0, 0.1) is 20.8 Å². The summed E-state index contributed by atoms with van der Waals surface area (Å²) in [6.45, 7) is 7.81. The lowest BCUT2D eigenvalue weighted by Gasteiger charge is -2.23. The monoisotopic (exact) mass is 360 g/mol. The number of hydrogen-bond acceptors (Lipinski definition) is 3. The molecule has 134 valence electrons. The van der Waals surface area contributed by atoms with Gasteiger partial charge in [0.05, 0.1) is 17.8 Å². The van der Waals surface area contributed by atoms with E-state index in [1.54, 1.807) is 0 Å². The maximum absolute atomic E-state index is 12.4. The number of nitrogens with zero attached hydrogens (tertiary/aromatic N) is 2. The second-order valence-corrected chi connectivity index (χ2v) is 7.19. The van der Waals surface area contributed by atoms with Gasteiger partial charge in [-0.1, -0.05) is 17.7 Å². The molecule has 1 atom stereocenters. The number of piperidine rings is 1. The molecule has 3 rings (SSSR count). The van der Waals surface area contributed by atoms with Crippen LogP contribution in [-0.4, -0.2) is 34.8 Å².